The van der Waals surface area contributed by atoms with Crippen molar-refractivity contribution >= 4 is 17.3 Å². The lowest BCUT2D eigenvalue weighted by Gasteiger charge is -2.24. The quantitative estimate of drug-likeness (QED) is 0.898. The molecule has 94 valence electrons. The van der Waals surface area contributed by atoms with Crippen molar-refractivity contribution in [3.8, 4) is 0 Å². The number of hydrogen-bond donors (Lipinski definition) is 1. The summed E-state index contributed by atoms with van der Waals surface area (Å²) < 4.78 is 0. The van der Waals surface area contributed by atoms with E-state index in [2.05, 4.69) is 11.9 Å². The van der Waals surface area contributed by atoms with E-state index < -0.39 is 5.97 Å². The zero-order valence-electron chi connectivity index (χ0n) is 10.4. The molecule has 0 saturated heterocycles. The number of nitrogens with zero attached hydrogens (tertiary/aromatic N) is 1. The first kappa shape index (κ1) is 12.6. The van der Waals surface area contributed by atoms with Gasteiger partial charge in [-0.1, -0.05) is 19.8 Å². The third-order valence-corrected chi connectivity index (χ3v) is 4.83. The van der Waals surface area contributed by atoms with Crippen LogP contribution in [0.3, 0.4) is 0 Å². The molecule has 2 unspecified atom stereocenters. The fraction of sp³-hybridized carbons (Fsp3) is 0.692. The minimum Gasteiger partial charge on any atom is -0.481 e. The van der Waals surface area contributed by atoms with Gasteiger partial charge in [0.1, 0.15) is 0 Å². The van der Waals surface area contributed by atoms with Crippen molar-refractivity contribution in [3.63, 3.8) is 0 Å². The minimum atomic E-state index is -0.764. The summed E-state index contributed by atoms with van der Waals surface area (Å²) in [6.07, 6.45) is 5.14. The smallest absolute Gasteiger partial charge is 0.308 e. The van der Waals surface area contributed by atoms with E-state index in [1.807, 2.05) is 6.92 Å². The van der Waals surface area contributed by atoms with Crippen LogP contribution in [0.25, 0.3) is 0 Å². The van der Waals surface area contributed by atoms with Crippen LogP contribution < -0.4 is 0 Å². The highest BCUT2D eigenvalue weighted by molar-refractivity contribution is 7.11. The topological polar surface area (TPSA) is 50.2 Å². The molecule has 1 aromatic heterocycles. The Labute approximate surface area is 106 Å². The van der Waals surface area contributed by atoms with Crippen molar-refractivity contribution in [1.29, 1.82) is 0 Å². The first-order chi connectivity index (χ1) is 8.06. The maximum Gasteiger partial charge on any atom is 0.308 e. The van der Waals surface area contributed by atoms with Crippen LogP contribution in [0.2, 0.25) is 0 Å². The summed E-state index contributed by atoms with van der Waals surface area (Å²) in [5.74, 6) is 0.575. The summed E-state index contributed by atoms with van der Waals surface area (Å²) in [6.45, 7) is 4.22. The van der Waals surface area contributed by atoms with Crippen molar-refractivity contribution in [3.05, 3.63) is 15.6 Å². The Morgan fingerprint density at radius 1 is 1.53 bits per heavy atom. The number of aromatic nitrogens is 1. The SMILES string of the molecule is Cc1nc(C2CCCC(C)C2)sc1CC(=O)O. The number of aryl methyl sites for hydroxylation is 1. The second-order valence-electron chi connectivity index (χ2n) is 5.10. The second-order valence-corrected chi connectivity index (χ2v) is 6.22. The number of carbonyl (C=O) groups is 1. The second kappa shape index (κ2) is 5.17. The molecule has 0 amide bonds. The van der Waals surface area contributed by atoms with Crippen LogP contribution in [0, 0.1) is 12.8 Å². The molecule has 0 aromatic carbocycles. The summed E-state index contributed by atoms with van der Waals surface area (Å²) in [4.78, 5) is 16.2. The Bertz CT molecular complexity index is 414. The van der Waals surface area contributed by atoms with Crippen molar-refractivity contribution in [2.45, 2.75) is 51.9 Å². The van der Waals surface area contributed by atoms with Crippen molar-refractivity contribution in [2.75, 3.05) is 0 Å². The van der Waals surface area contributed by atoms with E-state index in [4.69, 9.17) is 5.11 Å². The Balaban J connectivity index is 2.13. The summed E-state index contributed by atoms with van der Waals surface area (Å²) in [5, 5.41) is 9.99. The highest BCUT2D eigenvalue weighted by atomic mass is 32.1. The maximum absolute atomic E-state index is 10.7. The van der Waals surface area contributed by atoms with Gasteiger partial charge in [-0.15, -0.1) is 11.3 Å². The van der Waals surface area contributed by atoms with Crippen LogP contribution in [0.15, 0.2) is 0 Å². The Hall–Kier alpha value is -0.900. The standard InChI is InChI=1S/C13H19NO2S/c1-8-4-3-5-10(6-8)13-14-9(2)11(17-13)7-12(15)16/h8,10H,3-7H2,1-2H3,(H,15,16). The van der Waals surface area contributed by atoms with Crippen LogP contribution in [0.5, 0.6) is 0 Å². The lowest BCUT2D eigenvalue weighted by Crippen LogP contribution is -2.11. The van der Waals surface area contributed by atoms with Gasteiger partial charge >= 0.3 is 5.97 Å². The maximum atomic E-state index is 10.7. The first-order valence-corrected chi connectivity index (χ1v) is 7.06. The minimum absolute atomic E-state index is 0.117. The summed E-state index contributed by atoms with van der Waals surface area (Å²) in [7, 11) is 0. The molecule has 1 saturated carbocycles. The molecule has 2 rings (SSSR count). The number of rotatable bonds is 3. The average molecular weight is 253 g/mol. The van der Waals surface area contributed by atoms with E-state index in [0.29, 0.717) is 5.92 Å². The molecule has 0 aliphatic heterocycles. The predicted molar refractivity (Wildman–Crippen MR) is 68.6 cm³/mol. The lowest BCUT2D eigenvalue weighted by atomic mass is 9.83. The number of aliphatic carboxylic acids is 1. The zero-order chi connectivity index (χ0) is 12.4. The molecule has 1 aliphatic carbocycles. The molecule has 1 fully saturated rings. The molecular weight excluding hydrogens is 234 g/mol. The molecule has 4 heteroatoms. The fourth-order valence-electron chi connectivity index (χ4n) is 2.58. The highest BCUT2D eigenvalue weighted by Gasteiger charge is 2.24. The number of hydrogen-bond acceptors (Lipinski definition) is 3. The number of carboxylic acid groups (broad SMARTS) is 1. The molecule has 1 aromatic rings. The van der Waals surface area contributed by atoms with Gasteiger partial charge in [0, 0.05) is 10.8 Å². The van der Waals surface area contributed by atoms with E-state index in [-0.39, 0.29) is 6.42 Å². The molecule has 1 heterocycles. The van der Waals surface area contributed by atoms with Gasteiger partial charge in [-0.25, -0.2) is 4.98 Å². The van der Waals surface area contributed by atoms with E-state index in [9.17, 15) is 4.79 Å². The third kappa shape index (κ3) is 3.06. The van der Waals surface area contributed by atoms with Crippen molar-refractivity contribution in [1.82, 2.24) is 4.98 Å². The van der Waals surface area contributed by atoms with E-state index in [0.717, 1.165) is 21.5 Å². The van der Waals surface area contributed by atoms with Gasteiger partial charge in [-0.2, -0.15) is 0 Å². The molecule has 0 spiro atoms. The van der Waals surface area contributed by atoms with Crippen LogP contribution in [0.4, 0.5) is 0 Å². The van der Waals surface area contributed by atoms with Crippen molar-refractivity contribution in [2.24, 2.45) is 5.92 Å². The van der Waals surface area contributed by atoms with Crippen molar-refractivity contribution < 1.29 is 9.90 Å². The Morgan fingerprint density at radius 2 is 2.29 bits per heavy atom. The number of carboxylic acids is 1. The van der Waals surface area contributed by atoms with Gasteiger partial charge in [-0.3, -0.25) is 4.79 Å². The average Bonchev–Trinajstić information content (AvgIpc) is 2.59. The lowest BCUT2D eigenvalue weighted by molar-refractivity contribution is -0.136. The summed E-state index contributed by atoms with van der Waals surface area (Å²) >= 11 is 1.60. The molecule has 0 bridgehead atoms. The molecule has 17 heavy (non-hydrogen) atoms. The molecular formula is C13H19NO2S. The zero-order valence-corrected chi connectivity index (χ0v) is 11.2. The monoisotopic (exact) mass is 253 g/mol. The van der Waals surface area contributed by atoms with Crippen LogP contribution in [-0.4, -0.2) is 16.1 Å². The third-order valence-electron chi connectivity index (χ3n) is 3.51. The predicted octanol–water partition coefficient (Wildman–Crippen LogP) is 3.37. The normalized spacial score (nSPS) is 24.8. The van der Waals surface area contributed by atoms with Gasteiger partial charge in [-0.05, 0) is 25.7 Å². The Kier molecular flexibility index (Phi) is 3.82. The van der Waals surface area contributed by atoms with Crippen LogP contribution >= 0.6 is 11.3 Å². The van der Waals surface area contributed by atoms with Crippen LogP contribution in [-0.2, 0) is 11.2 Å². The fourth-order valence-corrected chi connectivity index (χ4v) is 3.79. The van der Waals surface area contributed by atoms with Gasteiger partial charge in [0.25, 0.3) is 0 Å². The summed E-state index contributed by atoms with van der Waals surface area (Å²) in [6, 6.07) is 0. The molecule has 1 N–H and O–H groups in total. The van der Waals surface area contributed by atoms with Crippen LogP contribution in [0.1, 0.15) is 54.1 Å². The molecule has 3 nitrogen and oxygen atoms in total. The Morgan fingerprint density at radius 3 is 2.94 bits per heavy atom. The largest absolute Gasteiger partial charge is 0.481 e. The molecule has 0 radical (unpaired) electrons. The van der Waals surface area contributed by atoms with Gasteiger partial charge in [0.2, 0.25) is 0 Å². The van der Waals surface area contributed by atoms with E-state index in [1.54, 1.807) is 11.3 Å². The van der Waals surface area contributed by atoms with Gasteiger partial charge < -0.3 is 5.11 Å². The molecule has 2 atom stereocenters. The van der Waals surface area contributed by atoms with Gasteiger partial charge in [0.15, 0.2) is 0 Å². The molecule has 1 aliphatic rings. The van der Waals surface area contributed by atoms with E-state index in [1.165, 1.54) is 25.7 Å². The first-order valence-electron chi connectivity index (χ1n) is 6.24. The number of thiazole rings is 1. The highest BCUT2D eigenvalue weighted by Crippen LogP contribution is 2.38. The van der Waals surface area contributed by atoms with Gasteiger partial charge in [0.05, 0.1) is 17.1 Å². The van der Waals surface area contributed by atoms with E-state index >= 15 is 0 Å². The summed E-state index contributed by atoms with van der Waals surface area (Å²) in [5.41, 5.74) is 0.908.